The second kappa shape index (κ2) is 11.0. The van der Waals surface area contributed by atoms with Crippen LogP contribution in [0.2, 0.25) is 0 Å². The summed E-state index contributed by atoms with van der Waals surface area (Å²) in [5.41, 5.74) is 1.19. The molecular formula is C25H32N6O4S2. The average molecular weight is 545 g/mol. The molecule has 1 aromatic carbocycles. The largest absolute Gasteiger partial charge is 0.338 e. The van der Waals surface area contributed by atoms with E-state index in [0.717, 1.165) is 18.0 Å². The Morgan fingerprint density at radius 2 is 1.89 bits per heavy atom. The lowest BCUT2D eigenvalue weighted by Crippen LogP contribution is -2.47. The Bertz CT molecular complexity index is 1320. The van der Waals surface area contributed by atoms with Gasteiger partial charge in [-0.25, -0.2) is 8.42 Å². The van der Waals surface area contributed by atoms with Crippen molar-refractivity contribution in [3.63, 3.8) is 0 Å². The summed E-state index contributed by atoms with van der Waals surface area (Å²) in [6.45, 7) is 6.16. The minimum absolute atomic E-state index is 0.0794. The van der Waals surface area contributed by atoms with Crippen molar-refractivity contribution in [1.82, 2.24) is 24.2 Å². The van der Waals surface area contributed by atoms with Crippen LogP contribution in [-0.4, -0.2) is 84.9 Å². The highest BCUT2D eigenvalue weighted by molar-refractivity contribution is 7.89. The molecule has 0 saturated carbocycles. The highest BCUT2D eigenvalue weighted by Gasteiger charge is 2.30. The van der Waals surface area contributed by atoms with Crippen molar-refractivity contribution in [2.75, 3.05) is 51.6 Å². The molecule has 4 heterocycles. The third-order valence-corrected chi connectivity index (χ3v) is 9.97. The number of thiophene rings is 1. The van der Waals surface area contributed by atoms with Crippen molar-refractivity contribution in [3.8, 4) is 10.7 Å². The van der Waals surface area contributed by atoms with E-state index in [1.807, 2.05) is 24.6 Å². The third-order valence-electron chi connectivity index (χ3n) is 7.06. The van der Waals surface area contributed by atoms with Crippen molar-refractivity contribution in [2.45, 2.75) is 31.2 Å². The first-order valence-electron chi connectivity index (χ1n) is 12.5. The van der Waals surface area contributed by atoms with Crippen molar-refractivity contribution in [1.29, 1.82) is 0 Å². The maximum absolute atomic E-state index is 13.3. The van der Waals surface area contributed by atoms with Gasteiger partial charge in [0.25, 0.3) is 0 Å². The van der Waals surface area contributed by atoms with Gasteiger partial charge in [-0.15, -0.1) is 11.3 Å². The molecule has 0 bridgehead atoms. The molecule has 0 unspecified atom stereocenters. The normalized spacial score (nSPS) is 18.8. The van der Waals surface area contributed by atoms with Crippen LogP contribution in [0.4, 0.5) is 5.69 Å². The summed E-state index contributed by atoms with van der Waals surface area (Å²) in [5, 5.41) is 9.00. The monoisotopic (exact) mass is 544 g/mol. The zero-order valence-corrected chi connectivity index (χ0v) is 22.7. The minimum Gasteiger partial charge on any atom is -0.338 e. The van der Waals surface area contributed by atoms with Crippen LogP contribution >= 0.6 is 11.3 Å². The number of carbonyl (C=O) groups is 1. The molecule has 37 heavy (non-hydrogen) atoms. The van der Waals surface area contributed by atoms with Gasteiger partial charge in [-0.1, -0.05) is 17.3 Å². The molecular weight excluding hydrogens is 512 g/mol. The van der Waals surface area contributed by atoms with Crippen molar-refractivity contribution in [2.24, 2.45) is 5.92 Å². The summed E-state index contributed by atoms with van der Waals surface area (Å²) in [4.78, 5) is 23.1. The highest BCUT2D eigenvalue weighted by atomic mass is 32.2. The number of amides is 1. The molecule has 2 aliphatic heterocycles. The number of aryl methyl sites for hydroxylation is 1. The van der Waals surface area contributed by atoms with Crippen molar-refractivity contribution >= 4 is 33.0 Å². The molecule has 0 aliphatic carbocycles. The van der Waals surface area contributed by atoms with Crippen molar-refractivity contribution in [3.05, 3.63) is 47.2 Å². The van der Waals surface area contributed by atoms with Gasteiger partial charge in [-0.05, 0) is 69.0 Å². The Labute approximate surface area is 221 Å². The Morgan fingerprint density at radius 1 is 1.14 bits per heavy atom. The molecule has 1 N–H and O–H groups in total. The van der Waals surface area contributed by atoms with Gasteiger partial charge >= 0.3 is 0 Å². The fourth-order valence-electron chi connectivity index (χ4n) is 4.74. The van der Waals surface area contributed by atoms with E-state index in [0.29, 0.717) is 68.5 Å². The lowest BCUT2D eigenvalue weighted by atomic mass is 9.96. The number of likely N-dealkylation sites (tertiary alicyclic amines) is 1. The van der Waals surface area contributed by atoms with E-state index in [1.54, 1.807) is 36.5 Å². The summed E-state index contributed by atoms with van der Waals surface area (Å²) in [6, 6.07) is 9.04. The smallest absolute Gasteiger partial charge is 0.243 e. The van der Waals surface area contributed by atoms with Gasteiger partial charge < -0.3 is 14.7 Å². The number of anilines is 1. The minimum atomic E-state index is -3.62. The standard InChI is InChI=1S/C25H32N6O4S2/c1-18-5-6-20(16-22(18)37(33,34)31-13-11-29(2)12-14-31)26-25(32)19-7-9-30(10-8-19)17-23-27-24(28-35-23)21-4-3-15-36-21/h3-6,15-16,19H,7-14,17H2,1-2H3,(H,26,32). The lowest BCUT2D eigenvalue weighted by molar-refractivity contribution is -0.121. The molecule has 3 aromatic rings. The van der Waals surface area contributed by atoms with Gasteiger partial charge in [0.1, 0.15) is 0 Å². The van der Waals surface area contributed by atoms with E-state index in [-0.39, 0.29) is 16.7 Å². The molecule has 0 radical (unpaired) electrons. The molecule has 2 saturated heterocycles. The topological polar surface area (TPSA) is 112 Å². The number of nitrogens with one attached hydrogen (secondary N) is 1. The number of piperazine rings is 1. The maximum Gasteiger partial charge on any atom is 0.243 e. The fourth-order valence-corrected chi connectivity index (χ4v) is 7.06. The number of piperidine rings is 1. The molecule has 2 fully saturated rings. The first-order valence-corrected chi connectivity index (χ1v) is 14.8. The van der Waals surface area contributed by atoms with Gasteiger partial charge in [-0.3, -0.25) is 9.69 Å². The van der Waals surface area contributed by atoms with Gasteiger partial charge in [0.2, 0.25) is 27.6 Å². The number of carbonyl (C=O) groups excluding carboxylic acids is 1. The second-order valence-corrected chi connectivity index (χ2v) is 12.6. The van der Waals surface area contributed by atoms with E-state index in [4.69, 9.17) is 4.52 Å². The predicted octanol–water partition coefficient (Wildman–Crippen LogP) is 2.89. The summed E-state index contributed by atoms with van der Waals surface area (Å²) in [6.07, 6.45) is 1.41. The van der Waals surface area contributed by atoms with Crippen LogP contribution in [-0.2, 0) is 21.4 Å². The Kier molecular flexibility index (Phi) is 7.72. The van der Waals surface area contributed by atoms with Crippen LogP contribution in [0.3, 0.4) is 0 Å². The third kappa shape index (κ3) is 5.93. The zero-order chi connectivity index (χ0) is 26.0. The number of sulfonamides is 1. The van der Waals surface area contributed by atoms with Crippen LogP contribution in [0.15, 0.2) is 45.1 Å². The van der Waals surface area contributed by atoms with Gasteiger partial charge in [0, 0.05) is 37.8 Å². The molecule has 2 aromatic heterocycles. The van der Waals surface area contributed by atoms with Crippen LogP contribution < -0.4 is 5.32 Å². The van der Waals surface area contributed by atoms with E-state index < -0.39 is 10.0 Å². The van der Waals surface area contributed by atoms with Crippen molar-refractivity contribution < 1.29 is 17.7 Å². The van der Waals surface area contributed by atoms with E-state index in [2.05, 4.69) is 25.3 Å². The molecule has 0 spiro atoms. The molecule has 10 nitrogen and oxygen atoms in total. The Balaban J connectivity index is 1.16. The molecule has 0 atom stereocenters. The maximum atomic E-state index is 13.3. The van der Waals surface area contributed by atoms with E-state index in [1.165, 1.54) is 4.31 Å². The molecule has 12 heteroatoms. The summed E-state index contributed by atoms with van der Waals surface area (Å²) in [5.74, 6) is 0.954. The number of nitrogens with zero attached hydrogens (tertiary/aromatic N) is 5. The molecule has 2 aliphatic rings. The lowest BCUT2D eigenvalue weighted by Gasteiger charge is -2.32. The van der Waals surface area contributed by atoms with Gasteiger partial charge in [-0.2, -0.15) is 9.29 Å². The van der Waals surface area contributed by atoms with Gasteiger partial charge in [0.15, 0.2) is 0 Å². The average Bonchev–Trinajstić information content (AvgIpc) is 3.58. The van der Waals surface area contributed by atoms with Gasteiger partial charge in [0.05, 0.1) is 16.3 Å². The summed E-state index contributed by atoms with van der Waals surface area (Å²) >= 11 is 1.57. The number of hydrogen-bond acceptors (Lipinski definition) is 9. The van der Waals surface area contributed by atoms with E-state index >= 15 is 0 Å². The molecule has 5 rings (SSSR count). The predicted molar refractivity (Wildman–Crippen MR) is 142 cm³/mol. The number of likely N-dealkylation sites (N-methyl/N-ethyl adjacent to an activating group) is 1. The number of hydrogen-bond donors (Lipinski definition) is 1. The molecule has 198 valence electrons. The SMILES string of the molecule is Cc1ccc(NC(=O)C2CCN(Cc3nc(-c4cccs4)no3)CC2)cc1S(=O)(=O)N1CCN(C)CC1. The quantitative estimate of drug-likeness (QED) is 0.483. The van der Waals surface area contributed by atoms with Crippen LogP contribution in [0.5, 0.6) is 0 Å². The number of aromatic nitrogens is 2. The second-order valence-electron chi connectivity index (χ2n) is 9.72. The highest BCUT2D eigenvalue weighted by Crippen LogP contribution is 2.27. The molecule has 1 amide bonds. The van der Waals surface area contributed by atoms with Crippen LogP contribution in [0.1, 0.15) is 24.3 Å². The summed E-state index contributed by atoms with van der Waals surface area (Å²) < 4.78 is 33.5. The first kappa shape index (κ1) is 26.0. The van der Waals surface area contributed by atoms with E-state index in [9.17, 15) is 13.2 Å². The first-order chi connectivity index (χ1) is 17.8. The fraction of sp³-hybridized carbons (Fsp3) is 0.480. The number of benzene rings is 1. The Morgan fingerprint density at radius 3 is 2.59 bits per heavy atom. The summed E-state index contributed by atoms with van der Waals surface area (Å²) in [7, 11) is -1.63. The van der Waals surface area contributed by atoms with Crippen LogP contribution in [0.25, 0.3) is 10.7 Å². The Hall–Kier alpha value is -2.64. The number of rotatable bonds is 7. The zero-order valence-electron chi connectivity index (χ0n) is 21.1. The van der Waals surface area contributed by atoms with Crippen LogP contribution in [0, 0.1) is 12.8 Å².